The zero-order valence-corrected chi connectivity index (χ0v) is 7.29. The normalized spacial score (nSPS) is 7.55. The van der Waals surface area contributed by atoms with Gasteiger partial charge in [-0.05, 0) is 26.3 Å². The third kappa shape index (κ3) is 48.9. The van der Waals surface area contributed by atoms with Gasteiger partial charge in [-0.25, -0.2) is 0 Å². The van der Waals surface area contributed by atoms with E-state index in [0.29, 0.717) is 0 Å². The lowest BCUT2D eigenvalue weighted by molar-refractivity contribution is -0.114. The molecule has 66 valence electrons. The van der Waals surface area contributed by atoms with Crippen molar-refractivity contribution < 1.29 is 15.0 Å². The van der Waals surface area contributed by atoms with Crippen LogP contribution < -0.4 is 0 Å². The van der Waals surface area contributed by atoms with E-state index in [1.807, 2.05) is 6.92 Å². The summed E-state index contributed by atoms with van der Waals surface area (Å²) < 4.78 is 0. The van der Waals surface area contributed by atoms with Gasteiger partial charge >= 0.3 is 0 Å². The van der Waals surface area contributed by atoms with Crippen molar-refractivity contribution >= 4 is 5.78 Å². The summed E-state index contributed by atoms with van der Waals surface area (Å²) in [6.45, 7) is 5.03. The van der Waals surface area contributed by atoms with Gasteiger partial charge in [0.05, 0.1) is 0 Å². The summed E-state index contributed by atoms with van der Waals surface area (Å²) in [5.74, 6) is -0.401. The number of carbonyl (C=O) groups is 1. The van der Waals surface area contributed by atoms with Crippen molar-refractivity contribution in [2.45, 2.75) is 33.6 Å². The first-order valence-corrected chi connectivity index (χ1v) is 3.56. The number of carbonyl (C=O) groups excluding carboxylic acids is 1. The van der Waals surface area contributed by atoms with E-state index in [4.69, 9.17) is 10.2 Å². The van der Waals surface area contributed by atoms with E-state index in [-0.39, 0.29) is 5.78 Å². The molecule has 11 heavy (non-hydrogen) atoms. The van der Waals surface area contributed by atoms with Gasteiger partial charge in [-0.15, -0.1) is 0 Å². The smallest absolute Gasteiger partial charge is 0.269 e. The van der Waals surface area contributed by atoms with Crippen LogP contribution in [0.1, 0.15) is 33.6 Å². The predicted octanol–water partition coefficient (Wildman–Crippen LogP) is 2.34. The Bertz CT molecular complexity index is 119. The number of rotatable bonds is 2. The van der Waals surface area contributed by atoms with Crippen LogP contribution in [0.4, 0.5) is 0 Å². The SMILES string of the molecule is CC(C)=O.CCCC=C(O)O. The molecule has 0 saturated heterocycles. The molecular weight excluding hydrogens is 144 g/mol. The van der Waals surface area contributed by atoms with Crippen LogP contribution >= 0.6 is 0 Å². The first-order valence-electron chi connectivity index (χ1n) is 3.56. The van der Waals surface area contributed by atoms with Crippen LogP contribution in [-0.4, -0.2) is 16.0 Å². The minimum absolute atomic E-state index is 0.167. The molecule has 0 aromatic rings. The molecule has 0 aromatic carbocycles. The van der Waals surface area contributed by atoms with Crippen LogP contribution in [0.15, 0.2) is 12.0 Å². The Balaban J connectivity index is 0. The number of aliphatic hydroxyl groups excluding tert-OH is 1. The largest absolute Gasteiger partial charge is 0.481 e. The monoisotopic (exact) mass is 160 g/mol. The lowest BCUT2D eigenvalue weighted by Gasteiger charge is -1.83. The zero-order valence-electron chi connectivity index (χ0n) is 7.29. The molecule has 0 heterocycles. The minimum Gasteiger partial charge on any atom is -0.481 e. The Morgan fingerprint density at radius 2 is 1.73 bits per heavy atom. The fourth-order valence-corrected chi connectivity index (χ4v) is 0.273. The van der Waals surface area contributed by atoms with Crippen LogP contribution in [0.5, 0.6) is 0 Å². The molecule has 3 nitrogen and oxygen atoms in total. The predicted molar refractivity (Wildman–Crippen MR) is 44.6 cm³/mol. The molecule has 0 aliphatic heterocycles. The van der Waals surface area contributed by atoms with Crippen LogP contribution in [0, 0.1) is 0 Å². The van der Waals surface area contributed by atoms with E-state index in [1.165, 1.54) is 19.9 Å². The van der Waals surface area contributed by atoms with Crippen molar-refractivity contribution in [1.29, 1.82) is 0 Å². The highest BCUT2D eigenvalue weighted by Gasteiger charge is 1.78. The van der Waals surface area contributed by atoms with E-state index in [1.54, 1.807) is 0 Å². The summed E-state index contributed by atoms with van der Waals surface area (Å²) in [6.07, 6.45) is 3.06. The summed E-state index contributed by atoms with van der Waals surface area (Å²) in [6, 6.07) is 0. The van der Waals surface area contributed by atoms with Gasteiger partial charge in [-0.1, -0.05) is 13.3 Å². The number of allylic oxidation sites excluding steroid dienone is 1. The number of aliphatic hydroxyl groups is 2. The molecule has 0 bridgehead atoms. The highest BCUT2D eigenvalue weighted by atomic mass is 16.5. The Kier molecular flexibility index (Phi) is 10.4. The molecule has 0 aliphatic rings. The Morgan fingerprint density at radius 1 is 1.36 bits per heavy atom. The summed E-state index contributed by atoms with van der Waals surface area (Å²) in [5, 5.41) is 16.2. The molecule has 0 atom stereocenters. The van der Waals surface area contributed by atoms with E-state index in [9.17, 15) is 4.79 Å². The molecule has 0 aromatic heterocycles. The standard InChI is InChI=1S/C5H10O2.C3H6O/c1-2-3-4-5(6)7;1-3(2)4/h4,6-7H,2-3H2,1H3;1-2H3. The summed E-state index contributed by atoms with van der Waals surface area (Å²) in [5.41, 5.74) is 0. The van der Waals surface area contributed by atoms with E-state index in [2.05, 4.69) is 0 Å². The van der Waals surface area contributed by atoms with Crippen molar-refractivity contribution in [3.05, 3.63) is 12.0 Å². The van der Waals surface area contributed by atoms with Crippen LogP contribution in [0.2, 0.25) is 0 Å². The summed E-state index contributed by atoms with van der Waals surface area (Å²) >= 11 is 0. The van der Waals surface area contributed by atoms with Crippen LogP contribution in [0.3, 0.4) is 0 Å². The molecule has 0 amide bonds. The van der Waals surface area contributed by atoms with Crippen molar-refractivity contribution in [3.63, 3.8) is 0 Å². The molecule has 3 heteroatoms. The van der Waals surface area contributed by atoms with Gasteiger partial charge in [0.15, 0.2) is 0 Å². The van der Waals surface area contributed by atoms with Crippen LogP contribution in [0.25, 0.3) is 0 Å². The van der Waals surface area contributed by atoms with Gasteiger partial charge in [0.1, 0.15) is 5.78 Å². The molecule has 0 aliphatic carbocycles. The van der Waals surface area contributed by atoms with Gasteiger partial charge in [-0.2, -0.15) is 0 Å². The second kappa shape index (κ2) is 9.01. The Morgan fingerprint density at radius 3 is 1.82 bits per heavy atom. The number of hydrogen-bond acceptors (Lipinski definition) is 3. The van der Waals surface area contributed by atoms with Gasteiger partial charge in [0, 0.05) is 0 Å². The maximum absolute atomic E-state index is 9.44. The third-order valence-electron chi connectivity index (χ3n) is 0.616. The van der Waals surface area contributed by atoms with Crippen LogP contribution in [-0.2, 0) is 4.79 Å². The van der Waals surface area contributed by atoms with Gasteiger partial charge in [0.2, 0.25) is 0 Å². The Labute approximate surface area is 67.4 Å². The van der Waals surface area contributed by atoms with E-state index in [0.717, 1.165) is 12.8 Å². The second-order valence-corrected chi connectivity index (χ2v) is 2.26. The minimum atomic E-state index is -0.568. The quantitative estimate of drug-likeness (QED) is 0.609. The number of unbranched alkanes of at least 4 members (excludes halogenated alkanes) is 1. The van der Waals surface area contributed by atoms with Gasteiger partial charge < -0.3 is 15.0 Å². The van der Waals surface area contributed by atoms with Crippen molar-refractivity contribution in [2.75, 3.05) is 0 Å². The molecule has 0 radical (unpaired) electrons. The molecule has 0 rings (SSSR count). The number of hydrogen-bond donors (Lipinski definition) is 2. The zero-order chi connectivity index (χ0) is 9.28. The Hall–Kier alpha value is -0.990. The summed E-state index contributed by atoms with van der Waals surface area (Å²) in [4.78, 5) is 9.44. The first-order chi connectivity index (χ1) is 5.00. The first kappa shape index (κ1) is 12.7. The van der Waals surface area contributed by atoms with Crippen molar-refractivity contribution in [1.82, 2.24) is 0 Å². The second-order valence-electron chi connectivity index (χ2n) is 2.26. The fourth-order valence-electron chi connectivity index (χ4n) is 0.273. The van der Waals surface area contributed by atoms with E-state index < -0.39 is 5.95 Å². The molecule has 0 fully saturated rings. The summed E-state index contributed by atoms with van der Waals surface area (Å²) in [7, 11) is 0. The topological polar surface area (TPSA) is 57.5 Å². The highest BCUT2D eigenvalue weighted by Crippen LogP contribution is 1.89. The van der Waals surface area contributed by atoms with Gasteiger partial charge in [0.25, 0.3) is 5.95 Å². The fraction of sp³-hybridized carbons (Fsp3) is 0.625. The average Bonchev–Trinajstić information content (AvgIpc) is 1.82. The number of Topliss-reactive ketones (excluding diaryl/α,β-unsaturated/α-hetero) is 1. The van der Waals surface area contributed by atoms with Crippen molar-refractivity contribution in [3.8, 4) is 0 Å². The third-order valence-corrected chi connectivity index (χ3v) is 0.616. The van der Waals surface area contributed by atoms with Crippen molar-refractivity contribution in [2.24, 2.45) is 0 Å². The highest BCUT2D eigenvalue weighted by molar-refractivity contribution is 5.72. The molecule has 2 N–H and O–H groups in total. The molecular formula is C8H16O3. The lowest BCUT2D eigenvalue weighted by Crippen LogP contribution is -1.73. The maximum Gasteiger partial charge on any atom is 0.269 e. The number of ketones is 1. The molecule has 0 spiro atoms. The molecule has 0 unspecified atom stereocenters. The molecule has 0 saturated carbocycles. The van der Waals surface area contributed by atoms with Gasteiger partial charge in [-0.3, -0.25) is 0 Å². The maximum atomic E-state index is 9.44. The lowest BCUT2D eigenvalue weighted by atomic mass is 10.3. The average molecular weight is 160 g/mol. The van der Waals surface area contributed by atoms with E-state index >= 15 is 0 Å².